The number of rotatable bonds is 2. The lowest BCUT2D eigenvalue weighted by Crippen LogP contribution is -2.49. The molecule has 8 heteroatoms. The van der Waals surface area contributed by atoms with E-state index in [0.717, 1.165) is 11.4 Å². The molecular weight excluding hydrogens is 331 g/mol. The van der Waals surface area contributed by atoms with E-state index in [9.17, 15) is 13.2 Å². The Morgan fingerprint density at radius 1 is 1.08 bits per heavy atom. The molecule has 0 aliphatic carbocycles. The van der Waals surface area contributed by atoms with E-state index in [4.69, 9.17) is 0 Å². The maximum Gasteiger partial charge on any atom is 0.451 e. The molecular formula is C17H16F3N5. The maximum absolute atomic E-state index is 13.1. The zero-order chi connectivity index (χ0) is 17.8. The summed E-state index contributed by atoms with van der Waals surface area (Å²) in [6, 6.07) is 8.91. The number of fused-ring (bicyclic) bond motifs is 1. The molecule has 2 aromatic heterocycles. The smallest absolute Gasteiger partial charge is 0.352 e. The van der Waals surface area contributed by atoms with E-state index < -0.39 is 12.0 Å². The molecule has 0 spiro atoms. The number of alkyl halides is 3. The number of anilines is 1. The molecule has 5 nitrogen and oxygen atoms in total. The lowest BCUT2D eigenvalue weighted by atomic mass is 10.1. The van der Waals surface area contributed by atoms with E-state index in [1.54, 1.807) is 24.3 Å². The van der Waals surface area contributed by atoms with E-state index in [1.165, 1.54) is 0 Å². The molecule has 0 amide bonds. The van der Waals surface area contributed by atoms with E-state index in [2.05, 4.69) is 15.1 Å². The molecule has 1 aromatic carbocycles. The van der Waals surface area contributed by atoms with Gasteiger partial charge in [-0.2, -0.15) is 18.3 Å². The van der Waals surface area contributed by atoms with Crippen molar-refractivity contribution in [1.29, 1.82) is 0 Å². The Kier molecular flexibility index (Phi) is 3.45. The van der Waals surface area contributed by atoms with Gasteiger partial charge in [-0.15, -0.1) is 0 Å². The quantitative estimate of drug-likeness (QED) is 0.712. The molecule has 4 rings (SSSR count). The molecule has 25 heavy (non-hydrogen) atoms. The first kappa shape index (κ1) is 15.9. The van der Waals surface area contributed by atoms with Crippen molar-refractivity contribution in [2.24, 2.45) is 0 Å². The fraction of sp³-hybridized carbons (Fsp3) is 0.353. The van der Waals surface area contributed by atoms with Crippen LogP contribution in [0.15, 0.2) is 30.3 Å². The highest BCUT2D eigenvalue weighted by atomic mass is 19.4. The van der Waals surface area contributed by atoms with E-state index in [-0.39, 0.29) is 6.04 Å². The predicted molar refractivity (Wildman–Crippen MR) is 87.5 cm³/mol. The van der Waals surface area contributed by atoms with Crippen LogP contribution in [0.3, 0.4) is 0 Å². The van der Waals surface area contributed by atoms with Gasteiger partial charge in [0, 0.05) is 24.2 Å². The lowest BCUT2D eigenvalue weighted by molar-refractivity contribution is -0.144. The van der Waals surface area contributed by atoms with Crippen molar-refractivity contribution in [1.82, 2.24) is 19.7 Å². The molecule has 1 saturated heterocycles. The summed E-state index contributed by atoms with van der Waals surface area (Å²) in [5.41, 5.74) is 2.28. The van der Waals surface area contributed by atoms with Crippen LogP contribution in [-0.2, 0) is 6.18 Å². The van der Waals surface area contributed by atoms with Gasteiger partial charge in [-0.25, -0.2) is 9.97 Å². The summed E-state index contributed by atoms with van der Waals surface area (Å²) in [5.74, 6) is -0.772. The fourth-order valence-corrected chi connectivity index (χ4v) is 3.23. The highest BCUT2D eigenvalue weighted by molar-refractivity contribution is 5.89. The second kappa shape index (κ2) is 5.44. The summed E-state index contributed by atoms with van der Waals surface area (Å²) in [7, 11) is 0. The first-order valence-electron chi connectivity index (χ1n) is 7.94. The molecule has 3 aromatic rings. The third kappa shape index (κ3) is 2.71. The topological polar surface area (TPSA) is 46.8 Å². The van der Waals surface area contributed by atoms with Crippen LogP contribution in [0.5, 0.6) is 0 Å². The average Bonchev–Trinajstić information content (AvgIpc) is 2.83. The number of para-hydroxylation sites is 1. The molecule has 1 aliphatic heterocycles. The van der Waals surface area contributed by atoms with Gasteiger partial charge in [0.1, 0.15) is 5.82 Å². The van der Waals surface area contributed by atoms with Gasteiger partial charge in [-0.3, -0.25) is 4.68 Å². The summed E-state index contributed by atoms with van der Waals surface area (Å²) in [6.45, 7) is 5.04. The average molecular weight is 347 g/mol. The highest BCUT2D eigenvalue weighted by Crippen LogP contribution is 2.35. The van der Waals surface area contributed by atoms with Crippen LogP contribution in [0.1, 0.15) is 23.3 Å². The minimum absolute atomic E-state index is 0.136. The number of benzene rings is 1. The van der Waals surface area contributed by atoms with E-state index in [0.29, 0.717) is 29.8 Å². The van der Waals surface area contributed by atoms with Crippen molar-refractivity contribution in [3.8, 4) is 0 Å². The van der Waals surface area contributed by atoms with Crippen molar-refractivity contribution in [2.45, 2.75) is 26.1 Å². The maximum atomic E-state index is 13.1. The van der Waals surface area contributed by atoms with Crippen molar-refractivity contribution in [3.05, 3.63) is 47.5 Å². The van der Waals surface area contributed by atoms with Crippen LogP contribution in [0.4, 0.5) is 19.0 Å². The van der Waals surface area contributed by atoms with Gasteiger partial charge < -0.3 is 4.90 Å². The molecule has 0 N–H and O–H groups in total. The van der Waals surface area contributed by atoms with Crippen molar-refractivity contribution < 1.29 is 13.2 Å². The van der Waals surface area contributed by atoms with E-state index in [1.807, 2.05) is 29.5 Å². The zero-order valence-corrected chi connectivity index (χ0v) is 13.7. The number of hydrogen-bond donors (Lipinski definition) is 0. The van der Waals surface area contributed by atoms with Crippen LogP contribution >= 0.6 is 0 Å². The second-order valence-electron chi connectivity index (χ2n) is 6.32. The van der Waals surface area contributed by atoms with Gasteiger partial charge in [0.2, 0.25) is 5.82 Å². The van der Waals surface area contributed by atoms with Crippen LogP contribution in [0, 0.1) is 13.8 Å². The number of nitrogens with zero attached hydrogens (tertiary/aromatic N) is 5. The zero-order valence-electron chi connectivity index (χ0n) is 13.7. The Bertz CT molecular complexity index is 941. The largest absolute Gasteiger partial charge is 0.451 e. The van der Waals surface area contributed by atoms with Crippen LogP contribution in [0.2, 0.25) is 0 Å². The molecule has 3 heterocycles. The predicted octanol–water partition coefficient (Wildman–Crippen LogP) is 3.52. The summed E-state index contributed by atoms with van der Waals surface area (Å²) in [6.07, 6.45) is -4.57. The van der Waals surface area contributed by atoms with Crippen LogP contribution in [0.25, 0.3) is 10.9 Å². The van der Waals surface area contributed by atoms with Crippen LogP contribution in [-0.4, -0.2) is 32.8 Å². The minimum atomic E-state index is -4.57. The van der Waals surface area contributed by atoms with Gasteiger partial charge in [0.05, 0.1) is 17.3 Å². The SMILES string of the molecule is Cc1cc(C)n(C2CN(c3nc(C(F)(F)F)nc4ccccc34)C2)n1. The second-order valence-corrected chi connectivity index (χ2v) is 6.32. The molecule has 0 unspecified atom stereocenters. The summed E-state index contributed by atoms with van der Waals surface area (Å²) < 4.78 is 41.3. The third-order valence-corrected chi connectivity index (χ3v) is 4.39. The molecule has 1 aliphatic rings. The summed E-state index contributed by atoms with van der Waals surface area (Å²) in [5, 5.41) is 5.08. The Labute approximate surface area is 142 Å². The molecule has 0 radical (unpaired) electrons. The number of hydrogen-bond acceptors (Lipinski definition) is 4. The number of aromatic nitrogens is 4. The molecule has 0 saturated carbocycles. The fourth-order valence-electron chi connectivity index (χ4n) is 3.23. The molecule has 0 bridgehead atoms. The van der Waals surface area contributed by atoms with Crippen molar-refractivity contribution in [3.63, 3.8) is 0 Å². The molecule has 0 atom stereocenters. The lowest BCUT2D eigenvalue weighted by Gasteiger charge is -2.41. The standard InChI is InChI=1S/C17H16F3N5/c1-10-7-11(2)25(23-10)12-8-24(9-12)15-13-5-3-4-6-14(13)21-16(22-15)17(18,19)20/h3-7,12H,8-9H2,1-2H3. The Morgan fingerprint density at radius 3 is 2.44 bits per heavy atom. The normalized spacial score (nSPS) is 15.6. The Morgan fingerprint density at radius 2 is 1.80 bits per heavy atom. The van der Waals surface area contributed by atoms with Gasteiger partial charge in [-0.1, -0.05) is 12.1 Å². The summed E-state index contributed by atoms with van der Waals surface area (Å²) >= 11 is 0. The van der Waals surface area contributed by atoms with Gasteiger partial charge in [-0.05, 0) is 32.0 Å². The van der Waals surface area contributed by atoms with Crippen molar-refractivity contribution >= 4 is 16.7 Å². The summed E-state index contributed by atoms with van der Waals surface area (Å²) in [4.78, 5) is 9.32. The van der Waals surface area contributed by atoms with Crippen molar-refractivity contribution in [2.75, 3.05) is 18.0 Å². The van der Waals surface area contributed by atoms with E-state index >= 15 is 0 Å². The minimum Gasteiger partial charge on any atom is -0.352 e. The number of aryl methyl sites for hydroxylation is 2. The van der Waals surface area contributed by atoms with Crippen LogP contribution < -0.4 is 4.90 Å². The molecule has 130 valence electrons. The van der Waals surface area contributed by atoms with Gasteiger partial charge >= 0.3 is 6.18 Å². The monoisotopic (exact) mass is 347 g/mol. The first-order valence-corrected chi connectivity index (χ1v) is 7.94. The first-order chi connectivity index (χ1) is 11.8. The van der Waals surface area contributed by atoms with Gasteiger partial charge in [0.25, 0.3) is 0 Å². The van der Waals surface area contributed by atoms with Gasteiger partial charge in [0.15, 0.2) is 0 Å². The number of halogens is 3. The highest BCUT2D eigenvalue weighted by Gasteiger charge is 2.38. The Balaban J connectivity index is 1.69. The Hall–Kier alpha value is -2.64. The third-order valence-electron chi connectivity index (χ3n) is 4.39. The molecule has 1 fully saturated rings.